The maximum Gasteiger partial charge on any atom is 0.340 e. The van der Waals surface area contributed by atoms with E-state index < -0.39 is 5.97 Å². The van der Waals surface area contributed by atoms with E-state index in [2.05, 4.69) is 13.2 Å². The van der Waals surface area contributed by atoms with E-state index in [1.165, 1.54) is 6.26 Å². The second-order valence-corrected chi connectivity index (χ2v) is 3.13. The summed E-state index contributed by atoms with van der Waals surface area (Å²) in [7, 11) is 0. The zero-order valence-electron chi connectivity index (χ0n) is 9.41. The van der Waals surface area contributed by atoms with Crippen LogP contribution < -0.4 is 0 Å². The van der Waals surface area contributed by atoms with Crippen LogP contribution in [0.3, 0.4) is 0 Å². The van der Waals surface area contributed by atoms with E-state index in [4.69, 9.17) is 9.47 Å². The molecule has 0 heterocycles. The second-order valence-electron chi connectivity index (χ2n) is 3.13. The minimum Gasteiger partial charge on any atom is -0.431 e. The molecule has 0 aliphatic carbocycles. The summed E-state index contributed by atoms with van der Waals surface area (Å²) in [5, 5.41) is 0. The minimum atomic E-state index is -0.452. The van der Waals surface area contributed by atoms with Gasteiger partial charge in [-0.25, -0.2) is 4.79 Å². The van der Waals surface area contributed by atoms with Crippen molar-refractivity contribution in [1.29, 1.82) is 0 Å². The average molecular weight is 210 g/mol. The third-order valence-corrected chi connectivity index (χ3v) is 1.73. The molecule has 0 fully saturated rings. The van der Waals surface area contributed by atoms with Crippen molar-refractivity contribution in [2.24, 2.45) is 0 Å². The molecule has 15 heavy (non-hydrogen) atoms. The van der Waals surface area contributed by atoms with Crippen LogP contribution in [-0.4, -0.2) is 19.2 Å². The van der Waals surface area contributed by atoms with Gasteiger partial charge in [0.15, 0.2) is 0 Å². The Bertz CT molecular complexity index is 264. The van der Waals surface area contributed by atoms with Crippen molar-refractivity contribution >= 4 is 5.97 Å². The highest BCUT2D eigenvalue weighted by atomic mass is 16.5. The Hall–Kier alpha value is -1.35. The molecule has 3 nitrogen and oxygen atoms in total. The first-order valence-corrected chi connectivity index (χ1v) is 4.84. The molecular weight excluding hydrogens is 192 g/mol. The molecule has 0 rings (SSSR count). The van der Waals surface area contributed by atoms with Gasteiger partial charge in [-0.05, 0) is 18.9 Å². The average Bonchev–Trinajstić information content (AvgIpc) is 2.25. The van der Waals surface area contributed by atoms with Crippen LogP contribution in [0.25, 0.3) is 0 Å². The normalized spacial score (nSPS) is 10.9. The quantitative estimate of drug-likeness (QED) is 0.213. The molecule has 0 spiro atoms. The molecule has 0 aromatic heterocycles. The number of carbonyl (C=O) groups is 1. The second kappa shape index (κ2) is 8.00. The summed E-state index contributed by atoms with van der Waals surface area (Å²) in [5.74, 6) is -0.452. The summed E-state index contributed by atoms with van der Waals surface area (Å²) in [6, 6.07) is 0. The number of hydrogen-bond donors (Lipinski definition) is 0. The summed E-state index contributed by atoms with van der Waals surface area (Å²) >= 11 is 0. The zero-order valence-corrected chi connectivity index (χ0v) is 9.41. The Labute approximate surface area is 91.1 Å². The van der Waals surface area contributed by atoms with Crippen LogP contribution in [0.1, 0.15) is 20.3 Å². The van der Waals surface area contributed by atoms with Gasteiger partial charge in [-0.1, -0.05) is 19.6 Å². The number of esters is 1. The fraction of sp³-hybridized carbons (Fsp3) is 0.417. The van der Waals surface area contributed by atoms with E-state index in [1.807, 2.05) is 13.8 Å². The molecule has 3 heteroatoms. The lowest BCUT2D eigenvalue weighted by Crippen LogP contribution is -2.09. The first kappa shape index (κ1) is 13.7. The van der Waals surface area contributed by atoms with Crippen LogP contribution in [0.5, 0.6) is 0 Å². The maximum atomic E-state index is 11.3. The van der Waals surface area contributed by atoms with E-state index in [9.17, 15) is 4.79 Å². The van der Waals surface area contributed by atoms with Crippen molar-refractivity contribution < 1.29 is 14.3 Å². The molecule has 0 aromatic carbocycles. The van der Waals surface area contributed by atoms with Crippen molar-refractivity contribution in [2.45, 2.75) is 20.3 Å². The van der Waals surface area contributed by atoms with E-state index >= 15 is 0 Å². The standard InChI is InChI=1S/C12H18O3/c1-5-7-14-9-11(4)12(13)15-8-10(3)6-2/h5,8H,1,4,6-7,9H2,2-3H3/b10-8-. The highest BCUT2D eigenvalue weighted by Gasteiger charge is 2.06. The monoisotopic (exact) mass is 210 g/mol. The van der Waals surface area contributed by atoms with Crippen molar-refractivity contribution in [1.82, 2.24) is 0 Å². The lowest BCUT2D eigenvalue weighted by molar-refractivity contribution is -0.134. The number of carbonyl (C=O) groups excluding carboxylic acids is 1. The van der Waals surface area contributed by atoms with Gasteiger partial charge in [-0.3, -0.25) is 0 Å². The summed E-state index contributed by atoms with van der Waals surface area (Å²) in [6.45, 7) is 11.5. The highest BCUT2D eigenvalue weighted by Crippen LogP contribution is 2.02. The van der Waals surface area contributed by atoms with Crippen LogP contribution >= 0.6 is 0 Å². The smallest absolute Gasteiger partial charge is 0.340 e. The molecule has 0 aromatic rings. The molecule has 84 valence electrons. The highest BCUT2D eigenvalue weighted by molar-refractivity contribution is 5.88. The predicted molar refractivity (Wildman–Crippen MR) is 60.3 cm³/mol. The number of hydrogen-bond acceptors (Lipinski definition) is 3. The maximum absolute atomic E-state index is 11.3. The van der Waals surface area contributed by atoms with Crippen LogP contribution in [-0.2, 0) is 14.3 Å². The fourth-order valence-electron chi connectivity index (χ4n) is 0.645. The van der Waals surface area contributed by atoms with E-state index in [0.29, 0.717) is 12.2 Å². The molecule has 0 aliphatic heterocycles. The van der Waals surface area contributed by atoms with Gasteiger partial charge in [0.2, 0.25) is 0 Å². The summed E-state index contributed by atoms with van der Waals surface area (Å²) < 4.78 is 9.94. The van der Waals surface area contributed by atoms with Gasteiger partial charge in [0.25, 0.3) is 0 Å². The molecule has 0 saturated carbocycles. The third kappa shape index (κ3) is 6.69. The summed E-state index contributed by atoms with van der Waals surface area (Å²) in [4.78, 5) is 11.3. The Morgan fingerprint density at radius 2 is 2.13 bits per heavy atom. The molecule has 0 saturated heterocycles. The van der Waals surface area contributed by atoms with Crippen LogP contribution in [0.2, 0.25) is 0 Å². The lowest BCUT2D eigenvalue weighted by Gasteiger charge is -2.04. The molecule has 0 amide bonds. The Balaban J connectivity index is 3.89. The molecule has 0 atom stereocenters. The van der Waals surface area contributed by atoms with Crippen LogP contribution in [0.15, 0.2) is 36.6 Å². The third-order valence-electron chi connectivity index (χ3n) is 1.73. The largest absolute Gasteiger partial charge is 0.431 e. The molecule has 0 aliphatic rings. The van der Waals surface area contributed by atoms with Crippen molar-refractivity contribution in [3.8, 4) is 0 Å². The van der Waals surface area contributed by atoms with Crippen LogP contribution in [0, 0.1) is 0 Å². The van der Waals surface area contributed by atoms with Crippen LogP contribution in [0.4, 0.5) is 0 Å². The predicted octanol–water partition coefficient (Wildman–Crippen LogP) is 2.60. The van der Waals surface area contributed by atoms with Gasteiger partial charge in [-0.2, -0.15) is 0 Å². The molecule has 0 unspecified atom stereocenters. The van der Waals surface area contributed by atoms with Gasteiger partial charge >= 0.3 is 5.97 Å². The fourth-order valence-corrected chi connectivity index (χ4v) is 0.645. The number of ether oxygens (including phenoxy) is 2. The lowest BCUT2D eigenvalue weighted by atomic mass is 10.3. The topological polar surface area (TPSA) is 35.5 Å². The summed E-state index contributed by atoms with van der Waals surface area (Å²) in [6.07, 6.45) is 3.91. The van der Waals surface area contributed by atoms with Crippen molar-refractivity contribution in [2.75, 3.05) is 13.2 Å². The Morgan fingerprint density at radius 3 is 2.67 bits per heavy atom. The number of rotatable bonds is 7. The van der Waals surface area contributed by atoms with Crippen molar-refractivity contribution in [3.63, 3.8) is 0 Å². The summed E-state index contributed by atoms with van der Waals surface area (Å²) in [5.41, 5.74) is 1.31. The van der Waals surface area contributed by atoms with Gasteiger partial charge in [0, 0.05) is 0 Å². The number of allylic oxidation sites excluding steroid dienone is 1. The first-order valence-electron chi connectivity index (χ1n) is 4.84. The van der Waals surface area contributed by atoms with E-state index in [0.717, 1.165) is 12.0 Å². The zero-order chi connectivity index (χ0) is 11.7. The molecular formula is C12H18O3. The van der Waals surface area contributed by atoms with Gasteiger partial charge < -0.3 is 9.47 Å². The van der Waals surface area contributed by atoms with Gasteiger partial charge in [0.05, 0.1) is 25.0 Å². The molecule has 0 bridgehead atoms. The molecule has 0 N–H and O–H groups in total. The van der Waals surface area contributed by atoms with E-state index in [1.54, 1.807) is 6.08 Å². The Kier molecular flexibility index (Phi) is 7.28. The molecule has 0 radical (unpaired) electrons. The van der Waals surface area contributed by atoms with Gasteiger partial charge in [-0.15, -0.1) is 6.58 Å². The van der Waals surface area contributed by atoms with E-state index in [-0.39, 0.29) is 6.61 Å². The van der Waals surface area contributed by atoms with Gasteiger partial charge in [0.1, 0.15) is 0 Å². The van der Waals surface area contributed by atoms with Crippen molar-refractivity contribution in [3.05, 3.63) is 36.6 Å². The Morgan fingerprint density at radius 1 is 1.47 bits per heavy atom. The minimum absolute atomic E-state index is 0.171. The first-order chi connectivity index (χ1) is 7.11. The SMILES string of the molecule is C=CCOCC(=C)C(=O)O/C=C(/C)CC.